The van der Waals surface area contributed by atoms with E-state index in [2.05, 4.69) is 10.0 Å². The molecule has 2 aromatic carbocycles. The van der Waals surface area contributed by atoms with E-state index < -0.39 is 11.8 Å². The molecule has 102 valence electrons. The summed E-state index contributed by atoms with van der Waals surface area (Å²) in [5, 5.41) is 3.47. The van der Waals surface area contributed by atoms with Gasteiger partial charge in [0, 0.05) is 10.6 Å². The highest BCUT2D eigenvalue weighted by atomic mass is 16.2. The topological polar surface area (TPSA) is 112 Å². The predicted octanol–water partition coefficient (Wildman–Crippen LogP) is 3.01. The van der Waals surface area contributed by atoms with E-state index in [0.717, 1.165) is 4.90 Å². The van der Waals surface area contributed by atoms with Crippen LogP contribution in [0.2, 0.25) is 0 Å². The summed E-state index contributed by atoms with van der Waals surface area (Å²) in [6.45, 7) is 0. The molecule has 0 bridgehead atoms. The average molecular weight is 279 g/mol. The van der Waals surface area contributed by atoms with Gasteiger partial charge in [0.05, 0.1) is 22.5 Å². The molecule has 21 heavy (non-hydrogen) atoms. The number of rotatable bonds is 2. The number of nitrogens with two attached hydrogens (primary N) is 1. The van der Waals surface area contributed by atoms with Gasteiger partial charge >= 0.3 is 0 Å². The predicted molar refractivity (Wildman–Crippen MR) is 77.2 cm³/mol. The number of imide groups is 1. The van der Waals surface area contributed by atoms with E-state index in [1.165, 1.54) is 12.1 Å². The van der Waals surface area contributed by atoms with Gasteiger partial charge in [0.25, 0.3) is 11.8 Å². The number of hydrogen-bond acceptors (Lipinski definition) is 4. The van der Waals surface area contributed by atoms with Gasteiger partial charge in [0.15, 0.2) is 0 Å². The Labute approximate surface area is 119 Å². The first-order valence-corrected chi connectivity index (χ1v) is 6.06. The molecule has 1 aliphatic heterocycles. The normalized spacial score (nSPS) is 13.0. The van der Waals surface area contributed by atoms with Crippen molar-refractivity contribution in [2.45, 2.75) is 0 Å². The standard InChI is InChI=1S/C14H9N5O2/c15-8-4-6-9(7-5-8)19-13(20)10-2-1-3-11(17-18-16)12(10)14(19)21/h1-7H,15H2. The van der Waals surface area contributed by atoms with Crippen molar-refractivity contribution in [2.24, 2.45) is 5.11 Å². The quantitative estimate of drug-likeness (QED) is 0.299. The minimum Gasteiger partial charge on any atom is -0.399 e. The van der Waals surface area contributed by atoms with E-state index in [1.807, 2.05) is 0 Å². The van der Waals surface area contributed by atoms with Gasteiger partial charge in [-0.3, -0.25) is 9.59 Å². The maximum atomic E-state index is 12.5. The van der Waals surface area contributed by atoms with Crippen molar-refractivity contribution in [2.75, 3.05) is 10.6 Å². The number of nitrogen functional groups attached to an aromatic ring is 1. The number of benzene rings is 2. The Hall–Kier alpha value is -3.31. The lowest BCUT2D eigenvalue weighted by Gasteiger charge is -2.13. The molecule has 0 saturated carbocycles. The molecule has 7 heteroatoms. The molecule has 3 rings (SSSR count). The molecular formula is C14H9N5O2. The Morgan fingerprint density at radius 2 is 1.76 bits per heavy atom. The largest absolute Gasteiger partial charge is 0.399 e. The Kier molecular flexibility index (Phi) is 2.82. The number of azide groups is 1. The third kappa shape index (κ3) is 1.89. The summed E-state index contributed by atoms with van der Waals surface area (Å²) in [6, 6.07) is 11.0. The minimum absolute atomic E-state index is 0.122. The Balaban J connectivity index is 2.15. The molecule has 1 heterocycles. The van der Waals surface area contributed by atoms with Crippen LogP contribution in [0.3, 0.4) is 0 Å². The van der Waals surface area contributed by atoms with Crippen LogP contribution in [0.25, 0.3) is 10.4 Å². The first kappa shape index (κ1) is 12.7. The van der Waals surface area contributed by atoms with Gasteiger partial charge in [-0.1, -0.05) is 17.2 Å². The first-order valence-electron chi connectivity index (χ1n) is 6.06. The van der Waals surface area contributed by atoms with Crippen molar-refractivity contribution in [3.8, 4) is 0 Å². The molecule has 2 amide bonds. The number of amides is 2. The van der Waals surface area contributed by atoms with E-state index in [4.69, 9.17) is 11.3 Å². The zero-order chi connectivity index (χ0) is 15.0. The van der Waals surface area contributed by atoms with Crippen molar-refractivity contribution in [1.82, 2.24) is 0 Å². The summed E-state index contributed by atoms with van der Waals surface area (Å²) in [6.07, 6.45) is 0. The fraction of sp³-hybridized carbons (Fsp3) is 0. The van der Waals surface area contributed by atoms with Crippen LogP contribution >= 0.6 is 0 Å². The van der Waals surface area contributed by atoms with E-state index in [-0.39, 0.29) is 16.8 Å². The lowest BCUT2D eigenvalue weighted by Crippen LogP contribution is -2.29. The average Bonchev–Trinajstić information content (AvgIpc) is 2.74. The summed E-state index contributed by atoms with van der Waals surface area (Å²) >= 11 is 0. The van der Waals surface area contributed by atoms with Crippen LogP contribution in [-0.2, 0) is 0 Å². The lowest BCUT2D eigenvalue weighted by molar-refractivity contribution is 0.0926. The van der Waals surface area contributed by atoms with Crippen LogP contribution in [0.15, 0.2) is 47.6 Å². The second kappa shape index (κ2) is 4.66. The highest BCUT2D eigenvalue weighted by Gasteiger charge is 2.38. The lowest BCUT2D eigenvalue weighted by atomic mass is 10.1. The van der Waals surface area contributed by atoms with Gasteiger partial charge in [0.2, 0.25) is 0 Å². The van der Waals surface area contributed by atoms with E-state index in [0.29, 0.717) is 11.4 Å². The molecule has 2 aromatic rings. The van der Waals surface area contributed by atoms with Gasteiger partial charge in [-0.2, -0.15) is 0 Å². The fourth-order valence-electron chi connectivity index (χ4n) is 2.26. The van der Waals surface area contributed by atoms with Gasteiger partial charge in [-0.25, -0.2) is 4.90 Å². The second-order valence-electron chi connectivity index (χ2n) is 4.43. The number of anilines is 2. The number of nitrogens with zero attached hydrogens (tertiary/aromatic N) is 4. The highest BCUT2D eigenvalue weighted by Crippen LogP contribution is 2.34. The van der Waals surface area contributed by atoms with Crippen molar-refractivity contribution >= 4 is 28.9 Å². The Morgan fingerprint density at radius 3 is 2.43 bits per heavy atom. The van der Waals surface area contributed by atoms with E-state index in [1.54, 1.807) is 30.3 Å². The molecule has 0 atom stereocenters. The summed E-state index contributed by atoms with van der Waals surface area (Å²) in [5.74, 6) is -0.961. The van der Waals surface area contributed by atoms with E-state index >= 15 is 0 Å². The summed E-state index contributed by atoms with van der Waals surface area (Å²) in [5.41, 5.74) is 15.6. The Bertz CT molecular complexity index is 807. The van der Waals surface area contributed by atoms with E-state index in [9.17, 15) is 9.59 Å². The minimum atomic E-state index is -0.511. The third-order valence-electron chi connectivity index (χ3n) is 3.20. The van der Waals surface area contributed by atoms with Crippen LogP contribution in [0.4, 0.5) is 17.1 Å². The first-order chi connectivity index (χ1) is 10.1. The molecule has 7 nitrogen and oxygen atoms in total. The van der Waals surface area contributed by atoms with Crippen molar-refractivity contribution in [3.05, 3.63) is 64.0 Å². The Morgan fingerprint density at radius 1 is 1.05 bits per heavy atom. The van der Waals surface area contributed by atoms with Crippen LogP contribution in [0.1, 0.15) is 20.7 Å². The monoisotopic (exact) mass is 279 g/mol. The summed E-state index contributed by atoms with van der Waals surface area (Å²) in [4.78, 5) is 28.6. The highest BCUT2D eigenvalue weighted by molar-refractivity contribution is 6.35. The zero-order valence-corrected chi connectivity index (χ0v) is 10.7. The van der Waals surface area contributed by atoms with Crippen LogP contribution in [0, 0.1) is 0 Å². The number of fused-ring (bicyclic) bond motifs is 1. The molecule has 0 radical (unpaired) electrons. The zero-order valence-electron chi connectivity index (χ0n) is 10.7. The second-order valence-corrected chi connectivity index (χ2v) is 4.43. The van der Waals surface area contributed by atoms with Gasteiger partial charge in [-0.15, -0.1) is 0 Å². The number of carbonyl (C=O) groups is 2. The van der Waals surface area contributed by atoms with Gasteiger partial charge < -0.3 is 5.73 Å². The molecule has 0 saturated heterocycles. The molecule has 0 spiro atoms. The number of carbonyl (C=O) groups excluding carboxylic acids is 2. The summed E-state index contributed by atoms with van der Waals surface area (Å²) in [7, 11) is 0. The molecule has 0 fully saturated rings. The SMILES string of the molecule is [N-]=[N+]=Nc1cccc2c1C(=O)N(c1ccc(N)cc1)C2=O. The molecule has 0 unspecified atom stereocenters. The van der Waals surface area contributed by atoms with Crippen LogP contribution in [-0.4, -0.2) is 11.8 Å². The maximum Gasteiger partial charge on any atom is 0.266 e. The van der Waals surface area contributed by atoms with Crippen molar-refractivity contribution in [3.63, 3.8) is 0 Å². The molecule has 2 N–H and O–H groups in total. The summed E-state index contributed by atoms with van der Waals surface area (Å²) < 4.78 is 0. The van der Waals surface area contributed by atoms with Crippen molar-refractivity contribution < 1.29 is 9.59 Å². The maximum absolute atomic E-state index is 12.5. The molecule has 0 aromatic heterocycles. The van der Waals surface area contributed by atoms with Gasteiger partial charge in [0.1, 0.15) is 0 Å². The third-order valence-corrected chi connectivity index (χ3v) is 3.20. The molecule has 0 aliphatic carbocycles. The number of hydrogen-bond donors (Lipinski definition) is 1. The van der Waals surface area contributed by atoms with Gasteiger partial charge in [-0.05, 0) is 35.9 Å². The fourth-order valence-corrected chi connectivity index (χ4v) is 2.26. The molecule has 1 aliphatic rings. The smallest absolute Gasteiger partial charge is 0.266 e. The molecular weight excluding hydrogens is 270 g/mol. The van der Waals surface area contributed by atoms with Crippen molar-refractivity contribution in [1.29, 1.82) is 0 Å². The van der Waals surface area contributed by atoms with Crippen LogP contribution in [0.5, 0.6) is 0 Å². The van der Waals surface area contributed by atoms with Crippen LogP contribution < -0.4 is 10.6 Å².